The van der Waals surface area contributed by atoms with E-state index in [0.717, 1.165) is 18.6 Å². The molecule has 0 radical (unpaired) electrons. The third-order valence-electron chi connectivity index (χ3n) is 2.70. The highest BCUT2D eigenvalue weighted by Gasteiger charge is 2.24. The van der Waals surface area contributed by atoms with Crippen molar-refractivity contribution in [3.05, 3.63) is 28.2 Å². The Morgan fingerprint density at radius 1 is 1.37 bits per heavy atom. The van der Waals surface area contributed by atoms with Crippen LogP contribution in [0.2, 0.25) is 0 Å². The van der Waals surface area contributed by atoms with Gasteiger partial charge in [-0.3, -0.25) is 4.72 Å². The van der Waals surface area contributed by atoms with Crippen molar-refractivity contribution in [2.45, 2.75) is 18.9 Å². The summed E-state index contributed by atoms with van der Waals surface area (Å²) in [6.45, 7) is 0.529. The van der Waals surface area contributed by atoms with E-state index in [9.17, 15) is 17.2 Å². The molecule has 1 aromatic carbocycles. The predicted octanol–water partition coefficient (Wildman–Crippen LogP) is 2.65. The highest BCUT2D eigenvalue weighted by Crippen LogP contribution is 2.24. The molecule has 0 spiro atoms. The zero-order valence-corrected chi connectivity index (χ0v) is 12.2. The molecule has 0 bridgehead atoms. The SMILES string of the molecule is O=S(=O)(CC1CCCO1)Nc1cc(F)c(Br)cc1F. The molecule has 8 heteroatoms. The van der Waals surface area contributed by atoms with Crippen molar-refractivity contribution in [1.82, 2.24) is 0 Å². The van der Waals surface area contributed by atoms with E-state index >= 15 is 0 Å². The summed E-state index contributed by atoms with van der Waals surface area (Å²) in [5, 5.41) is 0. The molecule has 19 heavy (non-hydrogen) atoms. The number of halogens is 3. The number of ether oxygens (including phenoxy) is 1. The van der Waals surface area contributed by atoms with E-state index in [1.807, 2.05) is 4.72 Å². The van der Waals surface area contributed by atoms with Gasteiger partial charge in [0.15, 0.2) is 0 Å². The Kier molecular flexibility index (Phi) is 4.42. The number of hydrogen-bond acceptors (Lipinski definition) is 3. The molecule has 1 aromatic rings. The summed E-state index contributed by atoms with van der Waals surface area (Å²) in [5.74, 6) is -1.84. The fraction of sp³-hybridized carbons (Fsp3) is 0.455. The van der Waals surface area contributed by atoms with E-state index in [2.05, 4.69) is 15.9 Å². The molecule has 1 N–H and O–H groups in total. The van der Waals surface area contributed by atoms with Crippen molar-refractivity contribution in [2.75, 3.05) is 17.1 Å². The number of sulfonamides is 1. The molecule has 0 aromatic heterocycles. The molecular weight excluding hydrogens is 344 g/mol. The molecule has 1 heterocycles. The predicted molar refractivity (Wildman–Crippen MR) is 70.4 cm³/mol. The van der Waals surface area contributed by atoms with E-state index in [-0.39, 0.29) is 16.3 Å². The van der Waals surface area contributed by atoms with Crippen molar-refractivity contribution in [3.63, 3.8) is 0 Å². The first-order valence-corrected chi connectivity index (χ1v) is 8.08. The molecule has 1 fully saturated rings. The molecule has 0 saturated carbocycles. The lowest BCUT2D eigenvalue weighted by atomic mass is 10.3. The van der Waals surface area contributed by atoms with Gasteiger partial charge in [0.1, 0.15) is 11.6 Å². The van der Waals surface area contributed by atoms with Crippen molar-refractivity contribution in [2.24, 2.45) is 0 Å². The molecule has 2 rings (SSSR count). The van der Waals surface area contributed by atoms with Gasteiger partial charge in [-0.2, -0.15) is 0 Å². The van der Waals surface area contributed by atoms with Gasteiger partial charge in [-0.1, -0.05) is 0 Å². The summed E-state index contributed by atoms with van der Waals surface area (Å²) in [4.78, 5) is 0. The van der Waals surface area contributed by atoms with Crippen LogP contribution in [-0.2, 0) is 14.8 Å². The van der Waals surface area contributed by atoms with Gasteiger partial charge in [-0.25, -0.2) is 17.2 Å². The first-order chi connectivity index (χ1) is 8.87. The second kappa shape index (κ2) is 5.72. The second-order valence-corrected chi connectivity index (χ2v) is 6.89. The molecule has 1 unspecified atom stereocenters. The summed E-state index contributed by atoms with van der Waals surface area (Å²) < 4.78 is 57.6. The topological polar surface area (TPSA) is 55.4 Å². The average molecular weight is 356 g/mol. The number of anilines is 1. The summed E-state index contributed by atoms with van der Waals surface area (Å²) in [5.41, 5.74) is -0.404. The Balaban J connectivity index is 2.13. The smallest absolute Gasteiger partial charge is 0.235 e. The van der Waals surface area contributed by atoms with Gasteiger partial charge < -0.3 is 4.74 Å². The molecule has 106 valence electrons. The van der Waals surface area contributed by atoms with Crippen LogP contribution in [0, 0.1) is 11.6 Å². The van der Waals surface area contributed by atoms with Gasteiger partial charge in [0.05, 0.1) is 22.0 Å². The van der Waals surface area contributed by atoms with Crippen LogP contribution in [-0.4, -0.2) is 26.9 Å². The fourth-order valence-corrected chi connectivity index (χ4v) is 3.47. The molecule has 1 aliphatic heterocycles. The largest absolute Gasteiger partial charge is 0.377 e. The van der Waals surface area contributed by atoms with Gasteiger partial charge in [-0.05, 0) is 34.8 Å². The standard InChI is InChI=1S/C11H12BrF2NO3S/c12-8-4-10(14)11(5-9(8)13)15-19(16,17)6-7-2-1-3-18-7/h4-5,7,15H,1-3,6H2. The van der Waals surface area contributed by atoms with Crippen LogP contribution in [0.4, 0.5) is 14.5 Å². The van der Waals surface area contributed by atoms with E-state index in [0.29, 0.717) is 13.0 Å². The molecule has 1 aliphatic rings. The van der Waals surface area contributed by atoms with Gasteiger partial charge in [0, 0.05) is 12.7 Å². The van der Waals surface area contributed by atoms with Gasteiger partial charge >= 0.3 is 0 Å². The van der Waals surface area contributed by atoms with E-state index in [1.165, 1.54) is 0 Å². The first-order valence-electron chi connectivity index (χ1n) is 5.64. The summed E-state index contributed by atoms with van der Waals surface area (Å²) in [6, 6.07) is 1.67. The highest BCUT2D eigenvalue weighted by atomic mass is 79.9. The van der Waals surface area contributed by atoms with Crippen molar-refractivity contribution < 1.29 is 21.9 Å². The molecule has 1 atom stereocenters. The minimum Gasteiger partial charge on any atom is -0.377 e. The van der Waals surface area contributed by atoms with Crippen LogP contribution < -0.4 is 4.72 Å². The van der Waals surface area contributed by atoms with Gasteiger partial charge in [-0.15, -0.1) is 0 Å². The van der Waals surface area contributed by atoms with Gasteiger partial charge in [0.25, 0.3) is 0 Å². The number of benzene rings is 1. The van der Waals surface area contributed by atoms with E-state index < -0.39 is 27.3 Å². The minimum atomic E-state index is -3.77. The maximum atomic E-state index is 13.5. The van der Waals surface area contributed by atoms with Crippen molar-refractivity contribution in [1.29, 1.82) is 0 Å². The monoisotopic (exact) mass is 355 g/mol. The molecule has 0 amide bonds. The van der Waals surface area contributed by atoms with Crippen LogP contribution in [0.25, 0.3) is 0 Å². The summed E-state index contributed by atoms with van der Waals surface area (Å²) in [6.07, 6.45) is 1.07. The van der Waals surface area contributed by atoms with Crippen molar-refractivity contribution in [3.8, 4) is 0 Å². The summed E-state index contributed by atoms with van der Waals surface area (Å²) in [7, 11) is -3.77. The Morgan fingerprint density at radius 3 is 2.74 bits per heavy atom. The zero-order valence-electron chi connectivity index (χ0n) is 9.83. The Bertz CT molecular complexity index is 574. The maximum Gasteiger partial charge on any atom is 0.235 e. The number of hydrogen-bond donors (Lipinski definition) is 1. The normalized spacial score (nSPS) is 19.6. The Hall–Kier alpha value is -0.730. The van der Waals surface area contributed by atoms with Crippen LogP contribution in [0.15, 0.2) is 16.6 Å². The quantitative estimate of drug-likeness (QED) is 0.844. The fourth-order valence-electron chi connectivity index (χ4n) is 1.83. The van der Waals surface area contributed by atoms with E-state index in [4.69, 9.17) is 4.74 Å². The lowest BCUT2D eigenvalue weighted by Crippen LogP contribution is -2.26. The minimum absolute atomic E-state index is 0.0629. The third kappa shape index (κ3) is 3.87. The zero-order chi connectivity index (χ0) is 14.0. The first kappa shape index (κ1) is 14.7. The van der Waals surface area contributed by atoms with Gasteiger partial charge in [0.2, 0.25) is 10.0 Å². The number of rotatable bonds is 4. The van der Waals surface area contributed by atoms with Crippen LogP contribution in [0.3, 0.4) is 0 Å². The molecule has 0 aliphatic carbocycles. The molecule has 4 nitrogen and oxygen atoms in total. The highest BCUT2D eigenvalue weighted by molar-refractivity contribution is 9.10. The second-order valence-electron chi connectivity index (χ2n) is 4.26. The molecular formula is C11H12BrF2NO3S. The lowest BCUT2D eigenvalue weighted by Gasteiger charge is -2.13. The maximum absolute atomic E-state index is 13.5. The number of nitrogens with one attached hydrogen (secondary N) is 1. The van der Waals surface area contributed by atoms with Crippen LogP contribution >= 0.6 is 15.9 Å². The van der Waals surface area contributed by atoms with Crippen LogP contribution in [0.1, 0.15) is 12.8 Å². The summed E-state index contributed by atoms with van der Waals surface area (Å²) >= 11 is 2.82. The van der Waals surface area contributed by atoms with Crippen LogP contribution in [0.5, 0.6) is 0 Å². The van der Waals surface area contributed by atoms with Crippen molar-refractivity contribution >= 4 is 31.6 Å². The average Bonchev–Trinajstić information content (AvgIpc) is 2.77. The van der Waals surface area contributed by atoms with E-state index in [1.54, 1.807) is 0 Å². The third-order valence-corrected chi connectivity index (χ3v) is 4.65. The lowest BCUT2D eigenvalue weighted by molar-refractivity contribution is 0.127. The Morgan fingerprint density at radius 2 is 2.11 bits per heavy atom. The Labute approximate surface area is 118 Å². The molecule has 1 saturated heterocycles.